The Kier molecular flexibility index (Phi) is 2.27. The fourth-order valence-electron chi connectivity index (χ4n) is 1.54. The van der Waals surface area contributed by atoms with E-state index in [1.807, 2.05) is 6.92 Å². The Morgan fingerprint density at radius 1 is 1.57 bits per heavy atom. The molecule has 4 heteroatoms. The minimum absolute atomic E-state index is 0.105. The van der Waals surface area contributed by atoms with Crippen LogP contribution in [0.15, 0.2) is 4.79 Å². The molecule has 0 radical (unpaired) electrons. The summed E-state index contributed by atoms with van der Waals surface area (Å²) in [6.45, 7) is 1.83. The van der Waals surface area contributed by atoms with Crippen molar-refractivity contribution in [1.29, 1.82) is 0 Å². The molecule has 0 aliphatic heterocycles. The lowest BCUT2D eigenvalue weighted by Crippen LogP contribution is -2.16. The lowest BCUT2D eigenvalue weighted by atomic mass is 10.2. The molecule has 0 bridgehead atoms. The number of nitrogens with zero attached hydrogens (tertiary/aromatic N) is 1. The van der Waals surface area contributed by atoms with Gasteiger partial charge >= 0.3 is 0 Å². The van der Waals surface area contributed by atoms with Crippen LogP contribution in [0.3, 0.4) is 0 Å². The van der Waals surface area contributed by atoms with Gasteiger partial charge in [-0.05, 0) is 25.2 Å². The monoisotopic (exact) mass is 194 g/mol. The van der Waals surface area contributed by atoms with Crippen molar-refractivity contribution in [2.75, 3.05) is 0 Å². The van der Waals surface area contributed by atoms with Crippen LogP contribution in [0.2, 0.25) is 0 Å². The summed E-state index contributed by atoms with van der Waals surface area (Å²) < 4.78 is 0. The zero-order valence-corrected chi connectivity index (χ0v) is 8.21. The maximum Gasteiger partial charge on any atom is 0.257 e. The highest BCUT2D eigenvalue weighted by Crippen LogP contribution is 2.31. The average molecular weight is 194 g/mol. The number of H-pyrrole nitrogens is 1. The Hall–Kier alpha value is -1.32. The molecule has 1 aliphatic carbocycles. The van der Waals surface area contributed by atoms with E-state index in [4.69, 9.17) is 0 Å². The number of rotatable bonds is 3. The molecular weight excluding hydrogens is 180 g/mol. The maximum absolute atomic E-state index is 11.4. The van der Waals surface area contributed by atoms with Gasteiger partial charge in [0.05, 0.1) is 5.56 Å². The van der Waals surface area contributed by atoms with E-state index in [0.717, 1.165) is 6.42 Å². The molecule has 76 valence electrons. The van der Waals surface area contributed by atoms with Gasteiger partial charge in [-0.25, -0.2) is 4.98 Å². The largest absolute Gasteiger partial charge is 0.493 e. The van der Waals surface area contributed by atoms with Crippen molar-refractivity contribution in [3.05, 3.63) is 21.7 Å². The Morgan fingerprint density at radius 2 is 2.29 bits per heavy atom. The van der Waals surface area contributed by atoms with Gasteiger partial charge in [0.15, 0.2) is 0 Å². The van der Waals surface area contributed by atoms with Crippen LogP contribution < -0.4 is 5.56 Å². The first kappa shape index (κ1) is 9.24. The van der Waals surface area contributed by atoms with Crippen molar-refractivity contribution in [3.63, 3.8) is 0 Å². The van der Waals surface area contributed by atoms with E-state index in [1.54, 1.807) is 0 Å². The molecule has 0 unspecified atom stereocenters. The van der Waals surface area contributed by atoms with Crippen molar-refractivity contribution >= 4 is 0 Å². The van der Waals surface area contributed by atoms with Crippen LogP contribution in [0.4, 0.5) is 0 Å². The molecule has 2 N–H and O–H groups in total. The summed E-state index contributed by atoms with van der Waals surface area (Å²) in [4.78, 5) is 18.1. The van der Waals surface area contributed by atoms with Gasteiger partial charge in [0.25, 0.3) is 5.56 Å². The van der Waals surface area contributed by atoms with E-state index in [9.17, 15) is 9.90 Å². The van der Waals surface area contributed by atoms with Gasteiger partial charge in [0.2, 0.25) is 5.88 Å². The van der Waals surface area contributed by atoms with Crippen molar-refractivity contribution < 1.29 is 5.11 Å². The molecule has 1 aliphatic rings. The quantitative estimate of drug-likeness (QED) is 0.754. The predicted octanol–water partition coefficient (Wildman–Crippen LogP) is 0.990. The lowest BCUT2D eigenvalue weighted by Gasteiger charge is -2.02. The number of hydrogen-bond donors (Lipinski definition) is 2. The van der Waals surface area contributed by atoms with Crippen LogP contribution >= 0.6 is 0 Å². The summed E-state index contributed by atoms with van der Waals surface area (Å²) in [7, 11) is 0. The van der Waals surface area contributed by atoms with Gasteiger partial charge in [-0.1, -0.05) is 6.92 Å². The molecule has 2 rings (SSSR count). The van der Waals surface area contributed by atoms with Crippen LogP contribution in [-0.4, -0.2) is 15.1 Å². The molecule has 0 spiro atoms. The van der Waals surface area contributed by atoms with Gasteiger partial charge in [-0.3, -0.25) is 4.79 Å². The number of hydrogen-bond acceptors (Lipinski definition) is 3. The van der Waals surface area contributed by atoms with Crippen molar-refractivity contribution in [3.8, 4) is 5.88 Å². The van der Waals surface area contributed by atoms with E-state index in [2.05, 4.69) is 9.97 Å². The molecule has 0 amide bonds. The highest BCUT2D eigenvalue weighted by atomic mass is 16.3. The van der Waals surface area contributed by atoms with Gasteiger partial charge in [-0.2, -0.15) is 0 Å². The zero-order chi connectivity index (χ0) is 10.1. The van der Waals surface area contributed by atoms with Crippen LogP contribution in [0.25, 0.3) is 0 Å². The number of aromatic hydroxyl groups is 1. The summed E-state index contributed by atoms with van der Waals surface area (Å²) in [5.41, 5.74) is 0.181. The SMILES string of the molecule is CCc1c(O)nc(CC2CC2)[nH]c1=O. The Morgan fingerprint density at radius 3 is 2.79 bits per heavy atom. The molecule has 0 aromatic carbocycles. The van der Waals surface area contributed by atoms with Crippen molar-refractivity contribution in [2.45, 2.75) is 32.6 Å². The highest BCUT2D eigenvalue weighted by Gasteiger charge is 2.23. The number of aromatic nitrogens is 2. The summed E-state index contributed by atoms with van der Waals surface area (Å²) in [5, 5.41) is 9.47. The van der Waals surface area contributed by atoms with E-state index in [1.165, 1.54) is 12.8 Å². The zero-order valence-electron chi connectivity index (χ0n) is 8.21. The van der Waals surface area contributed by atoms with Gasteiger partial charge < -0.3 is 10.1 Å². The topological polar surface area (TPSA) is 66.0 Å². The van der Waals surface area contributed by atoms with Gasteiger partial charge in [-0.15, -0.1) is 0 Å². The molecule has 1 saturated carbocycles. The minimum Gasteiger partial charge on any atom is -0.493 e. The first-order valence-electron chi connectivity index (χ1n) is 5.01. The fourth-order valence-corrected chi connectivity index (χ4v) is 1.54. The third-order valence-corrected chi connectivity index (χ3v) is 2.58. The Bertz CT molecular complexity index is 394. The van der Waals surface area contributed by atoms with E-state index >= 15 is 0 Å². The summed E-state index contributed by atoms with van der Waals surface area (Å²) >= 11 is 0. The molecule has 1 heterocycles. The van der Waals surface area contributed by atoms with Crippen molar-refractivity contribution in [1.82, 2.24) is 9.97 Å². The first-order valence-corrected chi connectivity index (χ1v) is 5.01. The normalized spacial score (nSPS) is 15.8. The second-order valence-electron chi connectivity index (χ2n) is 3.82. The van der Waals surface area contributed by atoms with E-state index in [0.29, 0.717) is 23.7 Å². The van der Waals surface area contributed by atoms with Crippen LogP contribution in [0.5, 0.6) is 5.88 Å². The number of aromatic amines is 1. The molecule has 0 atom stereocenters. The third-order valence-electron chi connectivity index (χ3n) is 2.58. The van der Waals surface area contributed by atoms with E-state index < -0.39 is 0 Å². The van der Waals surface area contributed by atoms with Crippen LogP contribution in [-0.2, 0) is 12.8 Å². The van der Waals surface area contributed by atoms with Crippen LogP contribution in [0, 0.1) is 5.92 Å². The molecular formula is C10H14N2O2. The molecule has 14 heavy (non-hydrogen) atoms. The summed E-state index contributed by atoms with van der Waals surface area (Å²) in [6, 6.07) is 0. The van der Waals surface area contributed by atoms with Gasteiger partial charge in [0, 0.05) is 6.42 Å². The second kappa shape index (κ2) is 3.44. The Labute approximate surface area is 82.0 Å². The fraction of sp³-hybridized carbons (Fsp3) is 0.600. The van der Waals surface area contributed by atoms with Crippen molar-refractivity contribution in [2.24, 2.45) is 5.92 Å². The molecule has 1 fully saturated rings. The summed E-state index contributed by atoms with van der Waals surface area (Å²) in [6.07, 6.45) is 3.71. The average Bonchev–Trinajstić information content (AvgIpc) is 2.87. The van der Waals surface area contributed by atoms with Gasteiger partial charge in [0.1, 0.15) is 5.82 Å². The molecule has 1 aromatic rings. The lowest BCUT2D eigenvalue weighted by molar-refractivity contribution is 0.439. The molecule has 0 saturated heterocycles. The maximum atomic E-state index is 11.4. The smallest absolute Gasteiger partial charge is 0.257 e. The first-order chi connectivity index (χ1) is 6.70. The number of nitrogens with one attached hydrogen (secondary N) is 1. The Balaban J connectivity index is 2.30. The minimum atomic E-state index is -0.198. The van der Waals surface area contributed by atoms with E-state index in [-0.39, 0.29) is 11.4 Å². The highest BCUT2D eigenvalue weighted by molar-refractivity contribution is 5.22. The van der Waals surface area contributed by atoms with Crippen LogP contribution in [0.1, 0.15) is 31.2 Å². The second-order valence-corrected chi connectivity index (χ2v) is 3.82. The summed E-state index contributed by atoms with van der Waals surface area (Å²) in [5.74, 6) is 1.17. The standard InChI is InChI=1S/C10H14N2O2/c1-2-7-9(13)11-8(12-10(7)14)5-6-3-4-6/h6H,2-5H2,1H3,(H2,11,12,13,14). The molecule has 4 nitrogen and oxygen atoms in total. The third kappa shape index (κ3) is 1.78. The molecule has 1 aromatic heterocycles. The predicted molar refractivity (Wildman–Crippen MR) is 52.3 cm³/mol.